The summed E-state index contributed by atoms with van der Waals surface area (Å²) < 4.78 is 4.64. The summed E-state index contributed by atoms with van der Waals surface area (Å²) in [6, 6.07) is 20.0. The zero-order valence-corrected chi connectivity index (χ0v) is 13.6. The van der Waals surface area contributed by atoms with Crippen molar-refractivity contribution >= 4 is 28.9 Å². The van der Waals surface area contributed by atoms with Crippen LogP contribution in [0, 0.1) is 0 Å². The summed E-state index contributed by atoms with van der Waals surface area (Å²) in [6.45, 7) is 0. The molecule has 1 N–H and O–H groups in total. The van der Waals surface area contributed by atoms with Gasteiger partial charge in [0.2, 0.25) is 0 Å². The lowest BCUT2D eigenvalue weighted by molar-refractivity contribution is 0.0600. The molecule has 0 spiro atoms. The molecule has 0 aliphatic rings. The van der Waals surface area contributed by atoms with Crippen molar-refractivity contribution in [2.75, 3.05) is 7.11 Å². The van der Waals surface area contributed by atoms with Gasteiger partial charge in [0.1, 0.15) is 0 Å². The Bertz CT molecular complexity index is 941. The summed E-state index contributed by atoms with van der Waals surface area (Å²) in [4.78, 5) is 23.7. The smallest absolute Gasteiger partial charge is 0.337 e. The maximum Gasteiger partial charge on any atom is 0.337 e. The van der Waals surface area contributed by atoms with Gasteiger partial charge in [-0.1, -0.05) is 48.5 Å². The molecule has 3 aromatic rings. The number of rotatable bonds is 4. The highest BCUT2D eigenvalue weighted by atomic mass is 16.5. The summed E-state index contributed by atoms with van der Waals surface area (Å²) in [5.41, 5.74) is 4.31. The van der Waals surface area contributed by atoms with Gasteiger partial charge in [-0.05, 0) is 34.5 Å². The van der Waals surface area contributed by atoms with Gasteiger partial charge in [-0.25, -0.2) is 10.2 Å². The molecule has 1 amide bonds. The fourth-order valence-electron chi connectivity index (χ4n) is 2.47. The van der Waals surface area contributed by atoms with Crippen molar-refractivity contribution in [3.8, 4) is 0 Å². The fourth-order valence-corrected chi connectivity index (χ4v) is 2.47. The molecule has 0 aromatic heterocycles. The summed E-state index contributed by atoms with van der Waals surface area (Å²) in [6.07, 6.45) is 1.52. The van der Waals surface area contributed by atoms with Crippen LogP contribution >= 0.6 is 0 Å². The maximum atomic E-state index is 12.3. The Kier molecular flexibility index (Phi) is 4.85. The first-order valence-electron chi connectivity index (χ1n) is 7.68. The lowest BCUT2D eigenvalue weighted by Gasteiger charge is -2.04. The number of methoxy groups -OCH3 is 1. The van der Waals surface area contributed by atoms with Crippen molar-refractivity contribution < 1.29 is 14.3 Å². The van der Waals surface area contributed by atoms with Crippen LogP contribution in [0.1, 0.15) is 26.3 Å². The Hall–Kier alpha value is -3.47. The highest BCUT2D eigenvalue weighted by Gasteiger charge is 2.08. The molecule has 124 valence electrons. The molecular formula is C20H16N2O3. The second kappa shape index (κ2) is 7.40. The third kappa shape index (κ3) is 3.72. The Morgan fingerprint density at radius 2 is 1.68 bits per heavy atom. The molecule has 5 nitrogen and oxygen atoms in total. The third-order valence-electron chi connectivity index (χ3n) is 3.75. The number of fused-ring (bicyclic) bond motifs is 1. The van der Waals surface area contributed by atoms with E-state index in [1.54, 1.807) is 30.3 Å². The number of nitrogens with one attached hydrogen (secondary N) is 1. The second-order valence-corrected chi connectivity index (χ2v) is 5.34. The van der Waals surface area contributed by atoms with Gasteiger partial charge in [0.15, 0.2) is 0 Å². The van der Waals surface area contributed by atoms with E-state index in [1.807, 2.05) is 36.4 Å². The van der Waals surface area contributed by atoms with Crippen molar-refractivity contribution in [3.05, 3.63) is 83.4 Å². The van der Waals surface area contributed by atoms with Gasteiger partial charge >= 0.3 is 5.97 Å². The van der Waals surface area contributed by atoms with Gasteiger partial charge in [-0.15, -0.1) is 0 Å². The van der Waals surface area contributed by atoms with E-state index in [1.165, 1.54) is 13.3 Å². The molecule has 0 aliphatic heterocycles. The van der Waals surface area contributed by atoms with Gasteiger partial charge in [0.05, 0.1) is 18.9 Å². The van der Waals surface area contributed by atoms with Gasteiger partial charge < -0.3 is 4.74 Å². The number of ether oxygens (including phenoxy) is 1. The number of benzene rings is 3. The van der Waals surface area contributed by atoms with E-state index in [-0.39, 0.29) is 5.91 Å². The minimum absolute atomic E-state index is 0.278. The Morgan fingerprint density at radius 1 is 0.960 bits per heavy atom. The third-order valence-corrected chi connectivity index (χ3v) is 3.75. The molecular weight excluding hydrogens is 316 g/mol. The first-order chi connectivity index (χ1) is 12.2. The van der Waals surface area contributed by atoms with E-state index in [0.29, 0.717) is 11.1 Å². The van der Waals surface area contributed by atoms with Crippen LogP contribution in [0.3, 0.4) is 0 Å². The number of nitrogens with zero attached hydrogens (tertiary/aromatic N) is 1. The predicted molar refractivity (Wildman–Crippen MR) is 96.8 cm³/mol. The normalized spacial score (nSPS) is 10.8. The summed E-state index contributed by atoms with van der Waals surface area (Å²) in [7, 11) is 1.33. The van der Waals surface area contributed by atoms with Crippen molar-refractivity contribution in [3.63, 3.8) is 0 Å². The molecule has 0 unspecified atom stereocenters. The van der Waals surface area contributed by atoms with Crippen LogP contribution in [0.15, 0.2) is 71.8 Å². The second-order valence-electron chi connectivity index (χ2n) is 5.34. The number of amides is 1. The number of hydrogen-bond donors (Lipinski definition) is 1. The fraction of sp³-hybridized carbons (Fsp3) is 0.0500. The van der Waals surface area contributed by atoms with Crippen LogP contribution in [0.4, 0.5) is 0 Å². The van der Waals surface area contributed by atoms with E-state index in [9.17, 15) is 9.59 Å². The predicted octanol–water partition coefficient (Wildman–Crippen LogP) is 3.39. The van der Waals surface area contributed by atoms with E-state index in [0.717, 1.165) is 16.3 Å². The number of esters is 1. The average molecular weight is 332 g/mol. The number of carbonyl (C=O) groups is 2. The van der Waals surface area contributed by atoms with E-state index < -0.39 is 5.97 Å². The molecule has 3 rings (SSSR count). The number of hydrazone groups is 1. The van der Waals surface area contributed by atoms with Crippen molar-refractivity contribution in [1.82, 2.24) is 5.43 Å². The minimum atomic E-state index is -0.396. The average Bonchev–Trinajstić information content (AvgIpc) is 2.67. The van der Waals surface area contributed by atoms with Crippen molar-refractivity contribution in [1.29, 1.82) is 0 Å². The molecule has 25 heavy (non-hydrogen) atoms. The highest BCUT2D eigenvalue weighted by Crippen LogP contribution is 2.18. The van der Waals surface area contributed by atoms with Crippen LogP contribution in [0.25, 0.3) is 10.8 Å². The summed E-state index contributed by atoms with van der Waals surface area (Å²) in [5, 5.41) is 5.85. The molecule has 0 bridgehead atoms. The largest absolute Gasteiger partial charge is 0.465 e. The van der Waals surface area contributed by atoms with Crippen LogP contribution < -0.4 is 5.43 Å². The zero-order valence-electron chi connectivity index (χ0n) is 13.6. The first-order valence-corrected chi connectivity index (χ1v) is 7.68. The zero-order chi connectivity index (χ0) is 17.6. The number of carbonyl (C=O) groups excluding carboxylic acids is 2. The quantitative estimate of drug-likeness (QED) is 0.452. The highest BCUT2D eigenvalue weighted by molar-refractivity contribution is 6.07. The molecule has 0 radical (unpaired) electrons. The number of hydrogen-bond acceptors (Lipinski definition) is 4. The molecule has 0 heterocycles. The molecule has 0 saturated carbocycles. The van der Waals surface area contributed by atoms with Gasteiger partial charge in [-0.2, -0.15) is 5.10 Å². The Morgan fingerprint density at radius 3 is 2.44 bits per heavy atom. The lowest BCUT2D eigenvalue weighted by atomic mass is 10.0. The first kappa shape index (κ1) is 16.4. The van der Waals surface area contributed by atoms with Crippen LogP contribution in [-0.2, 0) is 4.74 Å². The topological polar surface area (TPSA) is 67.8 Å². The van der Waals surface area contributed by atoms with Crippen molar-refractivity contribution in [2.24, 2.45) is 5.10 Å². The summed E-state index contributed by atoms with van der Waals surface area (Å²) in [5.74, 6) is -0.674. The molecule has 3 aromatic carbocycles. The monoisotopic (exact) mass is 332 g/mol. The summed E-state index contributed by atoms with van der Waals surface area (Å²) >= 11 is 0. The van der Waals surface area contributed by atoms with E-state index >= 15 is 0 Å². The molecule has 0 aliphatic carbocycles. The molecule has 0 fully saturated rings. The van der Waals surface area contributed by atoms with Gasteiger partial charge in [0, 0.05) is 5.56 Å². The molecule has 0 saturated heterocycles. The van der Waals surface area contributed by atoms with Gasteiger partial charge in [0.25, 0.3) is 5.91 Å². The maximum absolute atomic E-state index is 12.3. The molecule has 5 heteroatoms. The lowest BCUT2D eigenvalue weighted by Crippen LogP contribution is -2.17. The van der Waals surface area contributed by atoms with E-state index in [4.69, 9.17) is 0 Å². The van der Waals surface area contributed by atoms with E-state index in [2.05, 4.69) is 15.3 Å². The van der Waals surface area contributed by atoms with Crippen molar-refractivity contribution in [2.45, 2.75) is 0 Å². The molecule has 0 atom stereocenters. The SMILES string of the molecule is COC(=O)c1ccc(C=NNC(=O)c2cccc3ccccc23)cc1. The Labute approximate surface area is 144 Å². The minimum Gasteiger partial charge on any atom is -0.465 e. The Balaban J connectivity index is 1.71. The standard InChI is InChI=1S/C20H16N2O3/c1-25-20(24)16-11-9-14(10-12-16)13-21-22-19(23)18-8-4-6-15-5-2-3-7-17(15)18/h2-13H,1H3,(H,22,23). The van der Waals surface area contributed by atoms with Crippen LogP contribution in [-0.4, -0.2) is 25.2 Å². The van der Waals surface area contributed by atoms with Crippen LogP contribution in [0.2, 0.25) is 0 Å². The van der Waals surface area contributed by atoms with Crippen LogP contribution in [0.5, 0.6) is 0 Å². The van der Waals surface area contributed by atoms with Gasteiger partial charge in [-0.3, -0.25) is 4.79 Å².